The van der Waals surface area contributed by atoms with Gasteiger partial charge in [0.25, 0.3) is 0 Å². The zero-order valence-electron chi connectivity index (χ0n) is 21.0. The third kappa shape index (κ3) is 4.49. The van der Waals surface area contributed by atoms with Crippen molar-refractivity contribution in [1.82, 2.24) is 35.5 Å². The van der Waals surface area contributed by atoms with Crippen LogP contribution in [0.15, 0.2) is 55.0 Å². The smallest absolute Gasteiger partial charge is 0.177 e. The predicted molar refractivity (Wildman–Crippen MR) is 149 cm³/mol. The van der Waals surface area contributed by atoms with Crippen LogP contribution in [0.2, 0.25) is 0 Å². The second-order valence-electron chi connectivity index (χ2n) is 10.0. The quantitative estimate of drug-likeness (QED) is 0.205. The van der Waals surface area contributed by atoms with Crippen LogP contribution < -0.4 is 5.32 Å². The molecule has 196 valence electrons. The van der Waals surface area contributed by atoms with Crippen molar-refractivity contribution in [3.63, 3.8) is 0 Å². The summed E-state index contributed by atoms with van der Waals surface area (Å²) in [6.07, 6.45) is 10.4. The topological polar surface area (TPSA) is 95.2 Å². The first-order valence-electron chi connectivity index (χ1n) is 13.1. The number of aromatic amines is 2. The van der Waals surface area contributed by atoms with E-state index in [2.05, 4.69) is 30.5 Å². The van der Waals surface area contributed by atoms with E-state index in [1.807, 2.05) is 18.3 Å². The van der Waals surface area contributed by atoms with Crippen LogP contribution in [-0.4, -0.2) is 36.7 Å². The molecule has 1 aromatic carbocycles. The van der Waals surface area contributed by atoms with Crippen molar-refractivity contribution in [2.75, 3.05) is 6.54 Å². The fraction of sp³-hybridized carbons (Fsp3) is 0.241. The maximum absolute atomic E-state index is 16.1. The standard InChI is InChI=1S/C29H25F2N7S/c30-23-8-7-22(39-23)27-26-21(9-10-34-27)35-29(36-26)28-24-20(37-38-28)6-5-19(25(24)31)18-11-17(14-33-15-18)13-32-12-16-3-1-2-4-16/h5-11,14-16,32H,1-4,12-13H2,(H,35,36)(H,37,38). The summed E-state index contributed by atoms with van der Waals surface area (Å²) in [6, 6.07) is 10.4. The first kappa shape index (κ1) is 24.1. The third-order valence-corrected chi connectivity index (χ3v) is 8.32. The number of thiophene rings is 1. The van der Waals surface area contributed by atoms with Gasteiger partial charge in [0.05, 0.1) is 21.3 Å². The number of aromatic nitrogens is 6. The molecule has 0 radical (unpaired) electrons. The van der Waals surface area contributed by atoms with Crippen LogP contribution in [0, 0.1) is 16.9 Å². The van der Waals surface area contributed by atoms with Gasteiger partial charge in [-0.1, -0.05) is 12.8 Å². The first-order chi connectivity index (χ1) is 19.1. The number of rotatable bonds is 7. The Bertz CT molecular complexity index is 1800. The highest BCUT2D eigenvalue weighted by Crippen LogP contribution is 2.36. The Hall–Kier alpha value is -4.02. The lowest BCUT2D eigenvalue weighted by Crippen LogP contribution is -2.20. The summed E-state index contributed by atoms with van der Waals surface area (Å²) in [5.41, 5.74) is 4.94. The number of nitrogens with zero attached hydrogens (tertiary/aromatic N) is 4. The molecule has 5 heterocycles. The summed E-state index contributed by atoms with van der Waals surface area (Å²) in [5.74, 6) is 0.756. The lowest BCUT2D eigenvalue weighted by Gasteiger charge is -2.11. The molecule has 1 fully saturated rings. The molecule has 1 aliphatic rings. The largest absolute Gasteiger partial charge is 0.336 e. The molecule has 6 aromatic rings. The van der Waals surface area contributed by atoms with Crippen molar-refractivity contribution < 1.29 is 8.78 Å². The molecule has 3 N–H and O–H groups in total. The lowest BCUT2D eigenvalue weighted by atomic mass is 10.0. The highest BCUT2D eigenvalue weighted by molar-refractivity contribution is 7.13. The van der Waals surface area contributed by atoms with Gasteiger partial charge in [0, 0.05) is 36.3 Å². The summed E-state index contributed by atoms with van der Waals surface area (Å²) in [4.78, 5) is 17.4. The minimum absolute atomic E-state index is 0.296. The summed E-state index contributed by atoms with van der Waals surface area (Å²) in [6.45, 7) is 1.70. The minimum atomic E-state index is -0.395. The molecule has 0 atom stereocenters. The van der Waals surface area contributed by atoms with Crippen molar-refractivity contribution >= 4 is 33.3 Å². The number of nitrogens with one attached hydrogen (secondary N) is 3. The molecule has 1 saturated carbocycles. The molecule has 0 saturated heterocycles. The molecule has 0 amide bonds. The second kappa shape index (κ2) is 9.94. The predicted octanol–water partition coefficient (Wildman–Crippen LogP) is 6.85. The first-order valence-corrected chi connectivity index (χ1v) is 13.9. The summed E-state index contributed by atoms with van der Waals surface area (Å²) in [7, 11) is 0. The van der Waals surface area contributed by atoms with Gasteiger partial charge in [-0.25, -0.2) is 9.37 Å². The molecule has 0 unspecified atom stereocenters. The zero-order chi connectivity index (χ0) is 26.3. The average molecular weight is 542 g/mol. The minimum Gasteiger partial charge on any atom is -0.336 e. The van der Waals surface area contributed by atoms with Gasteiger partial charge in [0.2, 0.25) is 0 Å². The number of fused-ring (bicyclic) bond motifs is 2. The van der Waals surface area contributed by atoms with Crippen molar-refractivity contribution in [3.8, 4) is 33.2 Å². The van der Waals surface area contributed by atoms with Crippen molar-refractivity contribution in [3.05, 3.63) is 71.5 Å². The lowest BCUT2D eigenvalue weighted by molar-refractivity contribution is 0.489. The molecular formula is C29H25F2N7S. The van der Waals surface area contributed by atoms with Gasteiger partial charge in [0.15, 0.2) is 11.0 Å². The van der Waals surface area contributed by atoms with Crippen LogP contribution in [0.3, 0.4) is 0 Å². The van der Waals surface area contributed by atoms with Gasteiger partial charge in [0.1, 0.15) is 22.7 Å². The molecule has 7 rings (SSSR count). The maximum Gasteiger partial charge on any atom is 0.177 e. The summed E-state index contributed by atoms with van der Waals surface area (Å²) < 4.78 is 29.8. The molecular weight excluding hydrogens is 516 g/mol. The van der Waals surface area contributed by atoms with Gasteiger partial charge in [-0.3, -0.25) is 15.1 Å². The number of H-pyrrole nitrogens is 2. The zero-order valence-corrected chi connectivity index (χ0v) is 21.8. The van der Waals surface area contributed by atoms with Gasteiger partial charge in [-0.05, 0) is 67.3 Å². The Kier molecular flexibility index (Phi) is 6.13. The van der Waals surface area contributed by atoms with Crippen LogP contribution in [-0.2, 0) is 6.54 Å². The van der Waals surface area contributed by atoms with Gasteiger partial charge in [-0.15, -0.1) is 11.3 Å². The van der Waals surface area contributed by atoms with E-state index in [1.165, 1.54) is 31.7 Å². The number of benzene rings is 1. The van der Waals surface area contributed by atoms with Crippen LogP contribution in [0.1, 0.15) is 31.2 Å². The molecule has 0 bridgehead atoms. The van der Waals surface area contributed by atoms with E-state index in [4.69, 9.17) is 4.98 Å². The Labute approximate surface area is 226 Å². The van der Waals surface area contributed by atoms with E-state index in [0.29, 0.717) is 61.7 Å². The highest BCUT2D eigenvalue weighted by atomic mass is 32.1. The normalized spacial score (nSPS) is 14.2. The Morgan fingerprint density at radius 2 is 1.90 bits per heavy atom. The number of halogens is 2. The van der Waals surface area contributed by atoms with Crippen molar-refractivity contribution in [2.45, 2.75) is 32.2 Å². The van der Waals surface area contributed by atoms with Crippen LogP contribution in [0.5, 0.6) is 0 Å². The van der Waals surface area contributed by atoms with E-state index in [1.54, 1.807) is 30.6 Å². The Morgan fingerprint density at radius 1 is 1.00 bits per heavy atom. The van der Waals surface area contributed by atoms with Crippen LogP contribution in [0.25, 0.3) is 55.2 Å². The highest BCUT2D eigenvalue weighted by Gasteiger charge is 2.21. The molecule has 1 aliphatic carbocycles. The van der Waals surface area contributed by atoms with Gasteiger partial charge in [-0.2, -0.15) is 9.49 Å². The van der Waals surface area contributed by atoms with Crippen LogP contribution in [0.4, 0.5) is 8.78 Å². The van der Waals surface area contributed by atoms with Gasteiger partial charge < -0.3 is 10.3 Å². The Balaban J connectivity index is 1.23. The number of pyridine rings is 2. The van der Waals surface area contributed by atoms with Crippen LogP contribution >= 0.6 is 11.3 Å². The van der Waals surface area contributed by atoms with E-state index < -0.39 is 5.82 Å². The Morgan fingerprint density at radius 3 is 2.74 bits per heavy atom. The summed E-state index contributed by atoms with van der Waals surface area (Å²) in [5, 5.41) is 10.9. The van der Waals surface area contributed by atoms with Crippen molar-refractivity contribution in [1.29, 1.82) is 0 Å². The van der Waals surface area contributed by atoms with E-state index >= 15 is 4.39 Å². The molecule has 5 aromatic heterocycles. The SMILES string of the molecule is Fc1ccc(-c2nccc3[nH]c(-c4n[nH]c5ccc(-c6cncc(CNCC7CCCC7)c6)c(F)c45)nc23)s1. The molecule has 0 aliphatic heterocycles. The van der Waals surface area contributed by atoms with E-state index in [9.17, 15) is 4.39 Å². The van der Waals surface area contributed by atoms with Gasteiger partial charge >= 0.3 is 0 Å². The van der Waals surface area contributed by atoms with E-state index in [-0.39, 0.29) is 5.13 Å². The molecule has 0 spiro atoms. The fourth-order valence-corrected chi connectivity index (χ4v) is 6.23. The summed E-state index contributed by atoms with van der Waals surface area (Å²) >= 11 is 1.00. The van der Waals surface area contributed by atoms with Crippen molar-refractivity contribution in [2.24, 2.45) is 5.92 Å². The molecule has 10 heteroatoms. The average Bonchev–Trinajstić information content (AvgIpc) is 3.75. The number of hydrogen-bond acceptors (Lipinski definition) is 6. The van der Waals surface area contributed by atoms with E-state index in [0.717, 1.165) is 29.4 Å². The second-order valence-corrected chi connectivity index (χ2v) is 11.1. The monoisotopic (exact) mass is 541 g/mol. The third-order valence-electron chi connectivity index (χ3n) is 7.44. The maximum atomic E-state index is 16.1. The fourth-order valence-electron chi connectivity index (χ4n) is 5.50. The molecule has 7 nitrogen and oxygen atoms in total. The molecule has 39 heavy (non-hydrogen) atoms. The number of imidazole rings is 1. The number of hydrogen-bond donors (Lipinski definition) is 3.